The van der Waals surface area contributed by atoms with E-state index in [1.807, 2.05) is 42.5 Å². The minimum atomic E-state index is -0.0920. The Morgan fingerprint density at radius 2 is 1.95 bits per heavy atom. The molecule has 2 rings (SSSR count). The zero-order valence-corrected chi connectivity index (χ0v) is 11.5. The Labute approximate surface area is 119 Å². The van der Waals surface area contributed by atoms with Crippen LogP contribution in [0, 0.1) is 0 Å². The van der Waals surface area contributed by atoms with E-state index in [9.17, 15) is 5.11 Å². The van der Waals surface area contributed by atoms with Crippen LogP contribution in [0.1, 0.15) is 17.2 Å². The number of methoxy groups -OCH3 is 1. The summed E-state index contributed by atoms with van der Waals surface area (Å²) in [7, 11) is 1.58. The maximum absolute atomic E-state index is 10.2. The predicted octanol–water partition coefficient (Wildman–Crippen LogP) is 2.04. The van der Waals surface area contributed by atoms with Gasteiger partial charge >= 0.3 is 0 Å². The topological polar surface area (TPSA) is 67.5 Å². The van der Waals surface area contributed by atoms with Crippen molar-refractivity contribution < 1.29 is 9.84 Å². The van der Waals surface area contributed by atoms with Crippen molar-refractivity contribution in [3.8, 4) is 11.5 Å². The molecule has 2 aromatic rings. The standard InChI is InChI=1S/C16H20N2O2/c1-20-13-7-8-14(15(19)11-13)16(18-10-9-17)12-5-3-2-4-6-12/h2-8,11,16,18-19H,9-10,17H2,1H3. The van der Waals surface area contributed by atoms with Crippen LogP contribution in [0.5, 0.6) is 11.5 Å². The van der Waals surface area contributed by atoms with Gasteiger partial charge in [-0.1, -0.05) is 30.3 Å². The van der Waals surface area contributed by atoms with Crippen molar-refractivity contribution in [1.82, 2.24) is 5.32 Å². The first-order chi connectivity index (χ1) is 9.76. The highest BCUT2D eigenvalue weighted by molar-refractivity contribution is 5.45. The monoisotopic (exact) mass is 272 g/mol. The molecule has 0 heterocycles. The molecule has 0 aromatic heterocycles. The molecule has 4 heteroatoms. The summed E-state index contributed by atoms with van der Waals surface area (Å²) in [5.74, 6) is 0.847. The zero-order valence-electron chi connectivity index (χ0n) is 11.5. The molecule has 4 N–H and O–H groups in total. The summed E-state index contributed by atoms with van der Waals surface area (Å²) in [6.07, 6.45) is 0. The van der Waals surface area contributed by atoms with Crippen LogP contribution in [-0.2, 0) is 0 Å². The number of rotatable bonds is 6. The summed E-state index contributed by atoms with van der Waals surface area (Å²) < 4.78 is 5.12. The molecule has 0 amide bonds. The van der Waals surface area contributed by atoms with Crippen LogP contribution in [-0.4, -0.2) is 25.3 Å². The molecule has 2 aromatic carbocycles. The second-order valence-corrected chi connectivity index (χ2v) is 4.51. The lowest BCUT2D eigenvalue weighted by Gasteiger charge is -2.21. The van der Waals surface area contributed by atoms with Crippen molar-refractivity contribution in [3.63, 3.8) is 0 Å². The normalized spacial score (nSPS) is 12.1. The van der Waals surface area contributed by atoms with Gasteiger partial charge < -0.3 is 20.9 Å². The quantitative estimate of drug-likeness (QED) is 0.753. The molecule has 0 aliphatic carbocycles. The van der Waals surface area contributed by atoms with Crippen LogP contribution in [0.15, 0.2) is 48.5 Å². The van der Waals surface area contributed by atoms with Crippen molar-refractivity contribution in [3.05, 3.63) is 59.7 Å². The minimum absolute atomic E-state index is 0.0920. The molecule has 1 unspecified atom stereocenters. The summed E-state index contributed by atoms with van der Waals surface area (Å²) in [5.41, 5.74) is 7.47. The Morgan fingerprint density at radius 3 is 2.55 bits per heavy atom. The summed E-state index contributed by atoms with van der Waals surface area (Å²) in [6, 6.07) is 15.2. The van der Waals surface area contributed by atoms with Gasteiger partial charge in [0.1, 0.15) is 11.5 Å². The van der Waals surface area contributed by atoms with E-state index >= 15 is 0 Å². The molecular formula is C16H20N2O2. The van der Waals surface area contributed by atoms with Crippen molar-refractivity contribution in [2.75, 3.05) is 20.2 Å². The van der Waals surface area contributed by atoms with Crippen LogP contribution in [0.3, 0.4) is 0 Å². The maximum atomic E-state index is 10.2. The lowest BCUT2D eigenvalue weighted by molar-refractivity contribution is 0.404. The second kappa shape index (κ2) is 6.93. The Balaban J connectivity index is 2.36. The van der Waals surface area contributed by atoms with Gasteiger partial charge in [0.05, 0.1) is 13.2 Å². The van der Waals surface area contributed by atoms with E-state index in [1.54, 1.807) is 13.2 Å². The number of ether oxygens (including phenoxy) is 1. The van der Waals surface area contributed by atoms with Crippen LogP contribution in [0.2, 0.25) is 0 Å². The van der Waals surface area contributed by atoms with E-state index in [0.29, 0.717) is 18.8 Å². The van der Waals surface area contributed by atoms with Gasteiger partial charge in [0.25, 0.3) is 0 Å². The molecule has 0 radical (unpaired) electrons. The number of hydrogen-bond donors (Lipinski definition) is 3. The summed E-state index contributed by atoms with van der Waals surface area (Å²) in [6.45, 7) is 1.21. The molecule has 0 aliphatic rings. The van der Waals surface area contributed by atoms with E-state index in [2.05, 4.69) is 5.32 Å². The van der Waals surface area contributed by atoms with Crippen molar-refractivity contribution in [2.45, 2.75) is 6.04 Å². The van der Waals surface area contributed by atoms with Crippen LogP contribution in [0.4, 0.5) is 0 Å². The smallest absolute Gasteiger partial charge is 0.124 e. The fourth-order valence-corrected chi connectivity index (χ4v) is 2.18. The van der Waals surface area contributed by atoms with Gasteiger partial charge in [0.15, 0.2) is 0 Å². The van der Waals surface area contributed by atoms with Crippen LogP contribution >= 0.6 is 0 Å². The van der Waals surface area contributed by atoms with Gasteiger partial charge in [0.2, 0.25) is 0 Å². The van der Waals surface area contributed by atoms with E-state index in [1.165, 1.54) is 0 Å². The Morgan fingerprint density at radius 1 is 1.20 bits per heavy atom. The Hall–Kier alpha value is -2.04. The molecule has 4 nitrogen and oxygen atoms in total. The molecule has 0 saturated heterocycles. The average Bonchev–Trinajstić information content (AvgIpc) is 2.50. The highest BCUT2D eigenvalue weighted by Gasteiger charge is 2.17. The van der Waals surface area contributed by atoms with Crippen LogP contribution < -0.4 is 15.8 Å². The summed E-state index contributed by atoms with van der Waals surface area (Å²) >= 11 is 0. The molecule has 0 spiro atoms. The fraction of sp³-hybridized carbons (Fsp3) is 0.250. The van der Waals surface area contributed by atoms with E-state index in [0.717, 1.165) is 11.1 Å². The van der Waals surface area contributed by atoms with Crippen molar-refractivity contribution in [2.24, 2.45) is 5.73 Å². The number of phenolic OH excluding ortho intramolecular Hbond substituents is 1. The highest BCUT2D eigenvalue weighted by atomic mass is 16.5. The molecule has 0 fully saturated rings. The number of aromatic hydroxyl groups is 1. The maximum Gasteiger partial charge on any atom is 0.124 e. The Bertz CT molecular complexity index is 543. The first-order valence-electron chi connectivity index (χ1n) is 6.61. The van der Waals surface area contributed by atoms with E-state index in [-0.39, 0.29) is 11.8 Å². The van der Waals surface area contributed by atoms with Gasteiger partial charge in [-0.25, -0.2) is 0 Å². The SMILES string of the molecule is COc1ccc(C(NCCN)c2ccccc2)c(O)c1. The van der Waals surface area contributed by atoms with Crippen molar-refractivity contribution in [1.29, 1.82) is 0 Å². The zero-order chi connectivity index (χ0) is 14.4. The molecule has 20 heavy (non-hydrogen) atoms. The second-order valence-electron chi connectivity index (χ2n) is 4.51. The van der Waals surface area contributed by atoms with E-state index < -0.39 is 0 Å². The molecule has 1 atom stereocenters. The van der Waals surface area contributed by atoms with Crippen LogP contribution in [0.25, 0.3) is 0 Å². The number of benzene rings is 2. The first-order valence-corrected chi connectivity index (χ1v) is 6.61. The third-order valence-corrected chi connectivity index (χ3v) is 3.17. The molecule has 0 bridgehead atoms. The summed E-state index contributed by atoms with van der Waals surface area (Å²) in [4.78, 5) is 0. The molecule has 0 saturated carbocycles. The number of hydrogen-bond acceptors (Lipinski definition) is 4. The number of phenols is 1. The molecular weight excluding hydrogens is 252 g/mol. The van der Waals surface area contributed by atoms with Gasteiger partial charge in [-0.2, -0.15) is 0 Å². The van der Waals surface area contributed by atoms with Gasteiger partial charge in [0, 0.05) is 24.7 Å². The number of nitrogens with one attached hydrogen (secondary N) is 1. The summed E-state index contributed by atoms with van der Waals surface area (Å²) in [5, 5.41) is 13.6. The predicted molar refractivity (Wildman–Crippen MR) is 80.0 cm³/mol. The lowest BCUT2D eigenvalue weighted by atomic mass is 9.97. The van der Waals surface area contributed by atoms with Gasteiger partial charge in [-0.3, -0.25) is 0 Å². The third kappa shape index (κ3) is 3.29. The van der Waals surface area contributed by atoms with Gasteiger partial charge in [-0.15, -0.1) is 0 Å². The molecule has 106 valence electrons. The first kappa shape index (κ1) is 14.4. The van der Waals surface area contributed by atoms with Gasteiger partial charge in [-0.05, 0) is 17.7 Å². The lowest BCUT2D eigenvalue weighted by Crippen LogP contribution is -2.28. The van der Waals surface area contributed by atoms with E-state index in [4.69, 9.17) is 10.5 Å². The molecule has 0 aliphatic heterocycles. The highest BCUT2D eigenvalue weighted by Crippen LogP contribution is 2.32. The van der Waals surface area contributed by atoms with Crippen molar-refractivity contribution >= 4 is 0 Å². The third-order valence-electron chi connectivity index (χ3n) is 3.17. The average molecular weight is 272 g/mol. The Kier molecular flexibility index (Phi) is 4.98. The minimum Gasteiger partial charge on any atom is -0.507 e. The number of nitrogens with two attached hydrogens (primary N) is 1. The fourth-order valence-electron chi connectivity index (χ4n) is 2.18. The largest absolute Gasteiger partial charge is 0.507 e.